The molecule has 0 bridgehead atoms. The third kappa shape index (κ3) is 5.03. The van der Waals surface area contributed by atoms with Crippen molar-refractivity contribution in [1.82, 2.24) is 0 Å². The van der Waals surface area contributed by atoms with Crippen LogP contribution < -0.4 is 15.0 Å². The van der Waals surface area contributed by atoms with Crippen molar-refractivity contribution >= 4 is 29.0 Å². The Labute approximate surface area is 213 Å². The number of nitrogens with one attached hydrogen (secondary N) is 1. The molecule has 2 amide bonds. The predicted octanol–water partition coefficient (Wildman–Crippen LogP) is 8.50. The summed E-state index contributed by atoms with van der Waals surface area (Å²) in [5.41, 5.74) is 2.38. The summed E-state index contributed by atoms with van der Waals surface area (Å²) < 4.78 is 46.2. The number of nitrogens with zero attached hydrogens (tertiary/aromatic N) is 1. The average Bonchev–Trinajstić information content (AvgIpc) is 2.89. The van der Waals surface area contributed by atoms with Crippen LogP contribution >= 0.6 is 11.6 Å². The minimum Gasteiger partial charge on any atom is -0.490 e. The van der Waals surface area contributed by atoms with Gasteiger partial charge in [0.25, 0.3) is 0 Å². The number of hydrogen-bond donors (Lipinski definition) is 1. The Morgan fingerprint density at radius 3 is 2.42 bits per heavy atom. The Morgan fingerprint density at radius 1 is 0.972 bits per heavy atom. The number of urea groups is 1. The van der Waals surface area contributed by atoms with E-state index in [-0.39, 0.29) is 18.2 Å². The molecular weight excluding hydrogens is 489 g/mol. The van der Waals surface area contributed by atoms with Crippen molar-refractivity contribution in [3.8, 4) is 16.9 Å². The Bertz CT molecular complexity index is 1250. The monoisotopic (exact) mass is 514 g/mol. The van der Waals surface area contributed by atoms with E-state index in [4.69, 9.17) is 16.3 Å². The van der Waals surface area contributed by atoms with E-state index in [2.05, 4.69) is 29.6 Å². The van der Waals surface area contributed by atoms with Crippen LogP contribution in [0.2, 0.25) is 5.02 Å². The molecular formula is C28H26ClF3N2O2. The second kappa shape index (κ2) is 10.1. The number of alkyl halides is 3. The zero-order valence-corrected chi connectivity index (χ0v) is 20.3. The van der Waals surface area contributed by atoms with Crippen molar-refractivity contribution in [1.29, 1.82) is 0 Å². The van der Waals surface area contributed by atoms with E-state index in [1.165, 1.54) is 54.7 Å². The number of para-hydroxylation sites is 1. The maximum atomic E-state index is 13.5. The summed E-state index contributed by atoms with van der Waals surface area (Å²) in [4.78, 5) is 14.4. The van der Waals surface area contributed by atoms with Gasteiger partial charge in [0.2, 0.25) is 0 Å². The number of hydrogen-bond acceptors (Lipinski definition) is 2. The van der Waals surface area contributed by atoms with Gasteiger partial charge in [0.15, 0.2) is 0 Å². The first-order chi connectivity index (χ1) is 17.3. The van der Waals surface area contributed by atoms with Crippen LogP contribution in [-0.2, 0) is 6.18 Å². The summed E-state index contributed by atoms with van der Waals surface area (Å²) >= 11 is 6.01. The third-order valence-electron chi connectivity index (χ3n) is 6.94. The lowest BCUT2D eigenvalue weighted by Crippen LogP contribution is -2.41. The van der Waals surface area contributed by atoms with E-state index in [0.717, 1.165) is 17.2 Å². The van der Waals surface area contributed by atoms with E-state index >= 15 is 0 Å². The number of amides is 2. The summed E-state index contributed by atoms with van der Waals surface area (Å²) in [7, 11) is 0. The zero-order valence-electron chi connectivity index (χ0n) is 19.6. The van der Waals surface area contributed by atoms with Crippen LogP contribution in [0, 0.1) is 0 Å². The number of rotatable bonds is 3. The van der Waals surface area contributed by atoms with Gasteiger partial charge in [-0.2, -0.15) is 13.2 Å². The molecule has 5 rings (SSSR count). The van der Waals surface area contributed by atoms with Crippen molar-refractivity contribution in [3.63, 3.8) is 0 Å². The van der Waals surface area contributed by atoms with Gasteiger partial charge < -0.3 is 10.1 Å². The van der Waals surface area contributed by atoms with Crippen LogP contribution in [0.1, 0.15) is 49.1 Å². The molecule has 188 valence electrons. The molecule has 1 aliphatic heterocycles. The molecule has 1 N–H and O–H groups in total. The number of fused-ring (bicyclic) bond motifs is 1. The van der Waals surface area contributed by atoms with Crippen LogP contribution in [0.25, 0.3) is 11.1 Å². The standard InChI is InChI=1S/C28H26ClF3N2O2/c29-23-8-4-7-22(28(30,31)32)26(23)33-27(35)34-15-16-36-25-17-21(13-14-24(25)34)20-11-9-19(10-12-20)18-5-2-1-3-6-18/h4,7-14,17-18H,1-3,5-6,15-16H2,(H,33,35). The number of carbonyl (C=O) groups excluding carboxylic acids is 1. The maximum Gasteiger partial charge on any atom is 0.418 e. The lowest BCUT2D eigenvalue weighted by Gasteiger charge is -2.30. The van der Waals surface area contributed by atoms with Gasteiger partial charge in [0, 0.05) is 0 Å². The van der Waals surface area contributed by atoms with Gasteiger partial charge in [-0.05, 0) is 59.7 Å². The highest BCUT2D eigenvalue weighted by Crippen LogP contribution is 2.40. The highest BCUT2D eigenvalue weighted by Gasteiger charge is 2.35. The number of carbonyl (C=O) groups is 1. The molecule has 1 fully saturated rings. The molecule has 0 spiro atoms. The second-order valence-corrected chi connectivity index (χ2v) is 9.64. The highest BCUT2D eigenvalue weighted by atomic mass is 35.5. The van der Waals surface area contributed by atoms with E-state index in [1.54, 1.807) is 6.07 Å². The van der Waals surface area contributed by atoms with Crippen molar-refractivity contribution in [2.45, 2.75) is 44.2 Å². The number of anilines is 2. The quantitative estimate of drug-likeness (QED) is 0.380. The van der Waals surface area contributed by atoms with Gasteiger partial charge in [-0.15, -0.1) is 0 Å². The maximum absolute atomic E-state index is 13.5. The van der Waals surface area contributed by atoms with Gasteiger partial charge in [0.05, 0.1) is 28.5 Å². The van der Waals surface area contributed by atoms with Crippen molar-refractivity contribution in [3.05, 3.63) is 76.8 Å². The normalized spacial score (nSPS) is 16.3. The van der Waals surface area contributed by atoms with Gasteiger partial charge >= 0.3 is 12.2 Å². The van der Waals surface area contributed by atoms with E-state index < -0.39 is 23.5 Å². The topological polar surface area (TPSA) is 41.6 Å². The minimum absolute atomic E-state index is 0.182. The molecule has 1 heterocycles. The number of benzene rings is 3. The molecule has 36 heavy (non-hydrogen) atoms. The smallest absolute Gasteiger partial charge is 0.418 e. The molecule has 0 unspecified atom stereocenters. The van der Waals surface area contributed by atoms with Crippen LogP contribution in [0.15, 0.2) is 60.7 Å². The fraction of sp³-hybridized carbons (Fsp3) is 0.321. The minimum atomic E-state index is -4.65. The lowest BCUT2D eigenvalue weighted by molar-refractivity contribution is -0.136. The van der Waals surface area contributed by atoms with Gasteiger partial charge in [0.1, 0.15) is 12.4 Å². The molecule has 0 saturated heterocycles. The molecule has 0 atom stereocenters. The SMILES string of the molecule is O=C(Nc1c(Cl)cccc1C(F)(F)F)N1CCOc2cc(-c3ccc(C4CCCCC4)cc3)ccc21. The first-order valence-corrected chi connectivity index (χ1v) is 12.5. The van der Waals surface area contributed by atoms with Crippen molar-refractivity contribution in [2.24, 2.45) is 0 Å². The summed E-state index contributed by atoms with van der Waals surface area (Å²) in [5, 5.41) is 2.18. The van der Waals surface area contributed by atoms with Crippen LogP contribution in [0.4, 0.5) is 29.3 Å². The summed E-state index contributed by atoms with van der Waals surface area (Å²) in [5.74, 6) is 1.13. The van der Waals surface area contributed by atoms with Crippen LogP contribution in [0.5, 0.6) is 5.75 Å². The Kier molecular flexibility index (Phi) is 6.84. The fourth-order valence-electron chi connectivity index (χ4n) is 5.06. The second-order valence-electron chi connectivity index (χ2n) is 9.23. The third-order valence-corrected chi connectivity index (χ3v) is 7.25. The predicted molar refractivity (Wildman–Crippen MR) is 136 cm³/mol. The zero-order chi connectivity index (χ0) is 25.3. The Balaban J connectivity index is 1.37. The van der Waals surface area contributed by atoms with Gasteiger partial charge in [-0.25, -0.2) is 4.79 Å². The molecule has 1 saturated carbocycles. The first kappa shape index (κ1) is 24.5. The molecule has 3 aromatic rings. The molecule has 1 aliphatic carbocycles. The van der Waals surface area contributed by atoms with E-state index in [0.29, 0.717) is 17.4 Å². The van der Waals surface area contributed by atoms with Crippen LogP contribution in [0.3, 0.4) is 0 Å². The molecule has 3 aromatic carbocycles. The van der Waals surface area contributed by atoms with Gasteiger partial charge in [-0.3, -0.25) is 4.90 Å². The average molecular weight is 515 g/mol. The largest absolute Gasteiger partial charge is 0.490 e. The van der Waals surface area contributed by atoms with E-state index in [1.807, 2.05) is 12.1 Å². The first-order valence-electron chi connectivity index (χ1n) is 12.1. The highest BCUT2D eigenvalue weighted by molar-refractivity contribution is 6.34. The van der Waals surface area contributed by atoms with Crippen molar-refractivity contribution < 1.29 is 22.7 Å². The Morgan fingerprint density at radius 2 is 1.69 bits per heavy atom. The Hall–Kier alpha value is -3.19. The van der Waals surface area contributed by atoms with Crippen molar-refractivity contribution in [2.75, 3.05) is 23.4 Å². The van der Waals surface area contributed by atoms with Gasteiger partial charge in [-0.1, -0.05) is 67.3 Å². The van der Waals surface area contributed by atoms with E-state index in [9.17, 15) is 18.0 Å². The number of ether oxygens (including phenoxy) is 1. The lowest BCUT2D eigenvalue weighted by atomic mass is 9.84. The van der Waals surface area contributed by atoms with Crippen LogP contribution in [-0.4, -0.2) is 19.2 Å². The molecule has 0 aromatic heterocycles. The number of halogens is 4. The summed E-state index contributed by atoms with van der Waals surface area (Å²) in [6.45, 7) is 0.416. The summed E-state index contributed by atoms with van der Waals surface area (Å²) in [6, 6.07) is 16.8. The molecule has 0 radical (unpaired) electrons. The summed E-state index contributed by atoms with van der Waals surface area (Å²) in [6.07, 6.45) is 1.71. The fourth-order valence-corrected chi connectivity index (χ4v) is 5.28. The molecule has 2 aliphatic rings. The molecule has 8 heteroatoms. The molecule has 4 nitrogen and oxygen atoms in total.